The second kappa shape index (κ2) is 7.59. The molecule has 126 valence electrons. The van der Waals surface area contributed by atoms with Crippen molar-refractivity contribution in [3.63, 3.8) is 0 Å². The zero-order valence-electron chi connectivity index (χ0n) is 13.9. The van der Waals surface area contributed by atoms with Crippen LogP contribution in [0.1, 0.15) is 42.2 Å². The number of carbonyl (C=O) groups is 1. The molecule has 0 heterocycles. The van der Waals surface area contributed by atoms with Crippen LogP contribution in [0.2, 0.25) is 0 Å². The molecule has 0 fully saturated rings. The SMILES string of the molecule is CC[C@@H](Nc1ccc(C(C)=O)cc1[N+](=O)[O-])c1ccc(OC)cc1. The molecule has 0 bridgehead atoms. The number of Topliss-reactive ketones (excluding diaryl/α,β-unsaturated/α-hetero) is 1. The fourth-order valence-electron chi connectivity index (χ4n) is 2.47. The molecule has 0 spiro atoms. The monoisotopic (exact) mass is 328 g/mol. The third-order valence-electron chi connectivity index (χ3n) is 3.86. The number of benzene rings is 2. The molecule has 2 aromatic carbocycles. The van der Waals surface area contributed by atoms with Crippen LogP contribution in [0.25, 0.3) is 0 Å². The van der Waals surface area contributed by atoms with Gasteiger partial charge < -0.3 is 10.1 Å². The predicted molar refractivity (Wildman–Crippen MR) is 92.7 cm³/mol. The van der Waals surface area contributed by atoms with Gasteiger partial charge in [-0.1, -0.05) is 19.1 Å². The maximum atomic E-state index is 11.4. The lowest BCUT2D eigenvalue weighted by molar-refractivity contribution is -0.384. The van der Waals surface area contributed by atoms with Gasteiger partial charge in [-0.3, -0.25) is 14.9 Å². The molecular weight excluding hydrogens is 308 g/mol. The minimum absolute atomic E-state index is 0.0854. The van der Waals surface area contributed by atoms with E-state index in [1.54, 1.807) is 19.2 Å². The Hall–Kier alpha value is -2.89. The van der Waals surface area contributed by atoms with E-state index in [0.717, 1.165) is 17.7 Å². The Labute approximate surface area is 140 Å². The summed E-state index contributed by atoms with van der Waals surface area (Å²) >= 11 is 0. The molecule has 0 aromatic heterocycles. The summed E-state index contributed by atoms with van der Waals surface area (Å²) < 4.78 is 5.15. The van der Waals surface area contributed by atoms with Gasteiger partial charge in [-0.05, 0) is 43.2 Å². The van der Waals surface area contributed by atoms with Crippen molar-refractivity contribution in [3.05, 3.63) is 63.7 Å². The smallest absolute Gasteiger partial charge is 0.293 e. The Balaban J connectivity index is 2.32. The third-order valence-corrected chi connectivity index (χ3v) is 3.86. The van der Waals surface area contributed by atoms with Gasteiger partial charge in [-0.15, -0.1) is 0 Å². The number of anilines is 1. The van der Waals surface area contributed by atoms with Crippen LogP contribution in [0.5, 0.6) is 5.75 Å². The van der Waals surface area contributed by atoms with Crippen molar-refractivity contribution in [2.45, 2.75) is 26.3 Å². The molecule has 2 aromatic rings. The Morgan fingerprint density at radius 1 is 1.25 bits per heavy atom. The summed E-state index contributed by atoms with van der Waals surface area (Å²) in [5, 5.41) is 14.5. The number of hydrogen-bond acceptors (Lipinski definition) is 5. The first-order valence-electron chi connectivity index (χ1n) is 7.66. The van der Waals surface area contributed by atoms with Crippen molar-refractivity contribution in [2.24, 2.45) is 0 Å². The zero-order valence-corrected chi connectivity index (χ0v) is 13.9. The summed E-state index contributed by atoms with van der Waals surface area (Å²) in [6.45, 7) is 3.38. The highest BCUT2D eigenvalue weighted by molar-refractivity contribution is 5.95. The molecule has 2 rings (SSSR count). The molecule has 6 nitrogen and oxygen atoms in total. The number of rotatable bonds is 7. The van der Waals surface area contributed by atoms with Crippen molar-refractivity contribution < 1.29 is 14.5 Å². The minimum atomic E-state index is -0.477. The van der Waals surface area contributed by atoms with E-state index in [1.165, 1.54) is 13.0 Å². The summed E-state index contributed by atoms with van der Waals surface area (Å²) in [5.41, 5.74) is 1.62. The van der Waals surface area contributed by atoms with Crippen LogP contribution in [0, 0.1) is 10.1 Å². The van der Waals surface area contributed by atoms with E-state index in [-0.39, 0.29) is 17.5 Å². The number of ketones is 1. The molecule has 1 atom stereocenters. The van der Waals surface area contributed by atoms with Crippen LogP contribution in [-0.4, -0.2) is 17.8 Å². The number of nitrogens with zero attached hydrogens (tertiary/aromatic N) is 1. The number of hydrogen-bond donors (Lipinski definition) is 1. The molecule has 0 aliphatic carbocycles. The number of carbonyl (C=O) groups excluding carboxylic acids is 1. The van der Waals surface area contributed by atoms with Crippen LogP contribution in [0.3, 0.4) is 0 Å². The normalized spacial score (nSPS) is 11.6. The van der Waals surface area contributed by atoms with Crippen molar-refractivity contribution >= 4 is 17.2 Å². The zero-order chi connectivity index (χ0) is 17.7. The van der Waals surface area contributed by atoms with E-state index in [9.17, 15) is 14.9 Å². The highest BCUT2D eigenvalue weighted by Gasteiger charge is 2.19. The highest BCUT2D eigenvalue weighted by atomic mass is 16.6. The van der Waals surface area contributed by atoms with Gasteiger partial charge >= 0.3 is 0 Å². The molecule has 0 aliphatic heterocycles. The van der Waals surface area contributed by atoms with Crippen molar-refractivity contribution in [2.75, 3.05) is 12.4 Å². The van der Waals surface area contributed by atoms with Gasteiger partial charge in [0.2, 0.25) is 0 Å². The molecule has 0 radical (unpaired) electrons. The van der Waals surface area contributed by atoms with Gasteiger partial charge in [0, 0.05) is 11.6 Å². The van der Waals surface area contributed by atoms with Crippen LogP contribution in [0.4, 0.5) is 11.4 Å². The lowest BCUT2D eigenvalue weighted by Crippen LogP contribution is -2.11. The average molecular weight is 328 g/mol. The fraction of sp³-hybridized carbons (Fsp3) is 0.278. The first-order chi connectivity index (χ1) is 11.5. The third kappa shape index (κ3) is 3.90. The molecule has 1 N–H and O–H groups in total. The summed E-state index contributed by atoms with van der Waals surface area (Å²) in [5.74, 6) is 0.553. The molecule has 0 unspecified atom stereocenters. The van der Waals surface area contributed by atoms with Gasteiger partial charge in [-0.2, -0.15) is 0 Å². The average Bonchev–Trinajstić information content (AvgIpc) is 2.59. The Morgan fingerprint density at radius 3 is 2.42 bits per heavy atom. The first kappa shape index (κ1) is 17.5. The molecule has 0 saturated carbocycles. The molecule has 24 heavy (non-hydrogen) atoms. The van der Waals surface area contributed by atoms with E-state index in [2.05, 4.69) is 5.32 Å². The second-order valence-electron chi connectivity index (χ2n) is 5.42. The topological polar surface area (TPSA) is 81.5 Å². The summed E-state index contributed by atoms with van der Waals surface area (Å²) in [7, 11) is 1.60. The minimum Gasteiger partial charge on any atom is -0.497 e. The molecule has 6 heteroatoms. The summed E-state index contributed by atoms with van der Waals surface area (Å²) in [6, 6.07) is 12.0. The van der Waals surface area contributed by atoms with Gasteiger partial charge in [0.05, 0.1) is 18.1 Å². The van der Waals surface area contributed by atoms with Crippen molar-refractivity contribution in [1.82, 2.24) is 0 Å². The van der Waals surface area contributed by atoms with Crippen LogP contribution in [0.15, 0.2) is 42.5 Å². The van der Waals surface area contributed by atoms with Crippen LogP contribution >= 0.6 is 0 Å². The highest BCUT2D eigenvalue weighted by Crippen LogP contribution is 2.31. The van der Waals surface area contributed by atoms with E-state index in [0.29, 0.717) is 11.3 Å². The lowest BCUT2D eigenvalue weighted by Gasteiger charge is -2.19. The fourth-order valence-corrected chi connectivity index (χ4v) is 2.47. The van der Waals surface area contributed by atoms with Crippen molar-refractivity contribution in [1.29, 1.82) is 0 Å². The Morgan fingerprint density at radius 2 is 1.92 bits per heavy atom. The van der Waals surface area contributed by atoms with E-state index in [4.69, 9.17) is 4.74 Å². The maximum absolute atomic E-state index is 11.4. The van der Waals surface area contributed by atoms with Gasteiger partial charge in [-0.25, -0.2) is 0 Å². The van der Waals surface area contributed by atoms with Gasteiger partial charge in [0.25, 0.3) is 5.69 Å². The second-order valence-corrected chi connectivity index (χ2v) is 5.42. The van der Waals surface area contributed by atoms with Crippen LogP contribution < -0.4 is 10.1 Å². The molecule has 0 aliphatic rings. The van der Waals surface area contributed by atoms with E-state index >= 15 is 0 Å². The van der Waals surface area contributed by atoms with Crippen LogP contribution in [-0.2, 0) is 0 Å². The largest absolute Gasteiger partial charge is 0.497 e. The predicted octanol–water partition coefficient (Wildman–Crippen LogP) is 4.37. The quantitative estimate of drug-likeness (QED) is 0.464. The number of nitro groups is 1. The van der Waals surface area contributed by atoms with Gasteiger partial charge in [0.1, 0.15) is 11.4 Å². The lowest BCUT2D eigenvalue weighted by atomic mass is 10.0. The Bertz CT molecular complexity index is 741. The number of methoxy groups -OCH3 is 1. The summed E-state index contributed by atoms with van der Waals surface area (Å²) in [6.07, 6.45) is 0.748. The summed E-state index contributed by atoms with van der Waals surface area (Å²) in [4.78, 5) is 22.3. The standard InChI is InChI=1S/C18H20N2O4/c1-4-16(13-5-8-15(24-3)9-6-13)19-17-10-7-14(12(2)21)11-18(17)20(22)23/h5-11,16,19H,4H2,1-3H3/t16-/m1/s1. The van der Waals surface area contributed by atoms with Gasteiger partial charge in [0.15, 0.2) is 5.78 Å². The van der Waals surface area contributed by atoms with Crippen molar-refractivity contribution in [3.8, 4) is 5.75 Å². The number of ether oxygens (including phenoxy) is 1. The molecule has 0 saturated heterocycles. The molecular formula is C18H20N2O4. The van der Waals surface area contributed by atoms with E-state index < -0.39 is 4.92 Å². The maximum Gasteiger partial charge on any atom is 0.293 e. The number of nitro benzene ring substituents is 1. The number of nitrogens with one attached hydrogen (secondary N) is 1. The molecule has 0 amide bonds. The first-order valence-corrected chi connectivity index (χ1v) is 7.66. The Kier molecular flexibility index (Phi) is 5.52. The van der Waals surface area contributed by atoms with E-state index in [1.807, 2.05) is 31.2 Å².